The third kappa shape index (κ3) is 19.6. The van der Waals surface area contributed by atoms with Crippen LogP contribution in [-0.4, -0.2) is 155 Å². The number of hydroxylamine groups is 2. The number of azide groups is 1. The second-order valence-electron chi connectivity index (χ2n) is 24.0. The summed E-state index contributed by atoms with van der Waals surface area (Å²) < 4.78 is 12.6. The summed E-state index contributed by atoms with van der Waals surface area (Å²) in [6, 6.07) is 34.0. The number of aromatic nitrogens is 3. The minimum atomic E-state index is -1.06. The Kier molecular flexibility index (Phi) is 26.7. The lowest BCUT2D eigenvalue weighted by Crippen LogP contribution is -2.54. The summed E-state index contributed by atoms with van der Waals surface area (Å²) in [6.45, 7) is 6.22. The molecule has 548 valence electrons. The number of benzene rings is 6. The van der Waals surface area contributed by atoms with Gasteiger partial charge in [0.2, 0.25) is 23.6 Å². The predicted molar refractivity (Wildman–Crippen MR) is 379 cm³/mol. The maximum absolute atomic E-state index is 13.3. The zero-order chi connectivity index (χ0) is 75.8. The molecule has 0 spiro atoms. The molecule has 4 aliphatic heterocycles. The van der Waals surface area contributed by atoms with Gasteiger partial charge >= 0.3 is 12.1 Å². The van der Waals surface area contributed by atoms with Gasteiger partial charge in [0.05, 0.1) is 41.5 Å². The topological polar surface area (TPSA) is 452 Å². The van der Waals surface area contributed by atoms with E-state index in [1.165, 1.54) is 16.8 Å². The van der Waals surface area contributed by atoms with Crippen molar-refractivity contribution in [2.24, 2.45) is 5.11 Å². The van der Waals surface area contributed by atoms with Gasteiger partial charge < -0.3 is 40.5 Å². The SMILES string of the molecule is C#CCNc1cccc2c1C(=O)N(C1CCC(=O)NC1=O)C2=O.CCCCN(Cc1ccc(C(=O)NO)cc1)C(=O)Nc1ccc(OCN=[N+]=[N-])cc1.CCCCN(Cc1ccc(C(=O)NO)cc1)C(=O)Nc1ccc(OCn2cc(CNc3cccc4c3C(=O)N(C3CCC(=O)NC3=O)C4=O)nn2)cc1. The molecule has 5 heterocycles. The Bertz CT molecular complexity index is 4540. The molecule has 7 aromatic rings. The lowest BCUT2D eigenvalue weighted by Gasteiger charge is -2.27. The number of fused-ring (bicyclic) bond motifs is 2. The van der Waals surface area contributed by atoms with Crippen LogP contribution in [0.3, 0.4) is 0 Å². The molecule has 34 heteroatoms. The third-order valence-electron chi connectivity index (χ3n) is 16.8. The highest BCUT2D eigenvalue weighted by atomic mass is 16.5. The van der Waals surface area contributed by atoms with E-state index in [1.807, 2.05) is 13.8 Å². The minimum Gasteiger partial charge on any atom is -0.488 e. The minimum absolute atomic E-state index is 0.0337. The molecule has 0 aliphatic carbocycles. The number of carbonyl (C=O) groups excluding carboxylic acids is 12. The molecule has 14 amide bonds. The number of urea groups is 2. The van der Waals surface area contributed by atoms with E-state index in [0.29, 0.717) is 77.2 Å². The molecule has 2 atom stereocenters. The first kappa shape index (κ1) is 76.7. The maximum atomic E-state index is 13.3. The number of rotatable bonds is 27. The number of imide groups is 4. The first-order chi connectivity index (χ1) is 51.2. The second-order valence-corrected chi connectivity index (χ2v) is 24.0. The molecule has 2 fully saturated rings. The highest BCUT2D eigenvalue weighted by Crippen LogP contribution is 2.35. The van der Waals surface area contributed by atoms with Crippen molar-refractivity contribution in [2.75, 3.05) is 47.6 Å². The van der Waals surface area contributed by atoms with Gasteiger partial charge in [-0.3, -0.25) is 78.8 Å². The summed E-state index contributed by atoms with van der Waals surface area (Å²) in [5.74, 6) is -2.20. The lowest BCUT2D eigenvalue weighted by molar-refractivity contribution is -0.137. The molecule has 2 saturated heterocycles. The van der Waals surface area contributed by atoms with E-state index in [2.05, 4.69) is 58.2 Å². The summed E-state index contributed by atoms with van der Waals surface area (Å²) >= 11 is 0. The second kappa shape index (κ2) is 36.9. The average Bonchev–Trinajstić information content (AvgIpc) is 1.61. The number of unbranched alkanes of at least 4 members (excludes halogenated alkanes) is 2. The first-order valence-electron chi connectivity index (χ1n) is 33.4. The number of anilines is 4. The van der Waals surface area contributed by atoms with Crippen molar-refractivity contribution >= 4 is 93.9 Å². The predicted octanol–water partition coefficient (Wildman–Crippen LogP) is 7.70. The number of nitrogens with zero attached hydrogens (tertiary/aromatic N) is 10. The van der Waals surface area contributed by atoms with Crippen LogP contribution in [0, 0.1) is 12.3 Å². The van der Waals surface area contributed by atoms with Crippen molar-refractivity contribution < 1.29 is 77.4 Å². The van der Waals surface area contributed by atoms with Gasteiger partial charge in [0.1, 0.15) is 29.3 Å². The van der Waals surface area contributed by atoms with E-state index < -0.39 is 71.2 Å². The molecule has 1 aromatic heterocycles. The zero-order valence-corrected chi connectivity index (χ0v) is 57.4. The van der Waals surface area contributed by atoms with Crippen molar-refractivity contribution in [3.63, 3.8) is 0 Å². The molecule has 0 radical (unpaired) electrons. The molecule has 4 aliphatic rings. The summed E-state index contributed by atoms with van der Waals surface area (Å²) in [4.78, 5) is 156. The molecular formula is C72H74N18O16. The van der Waals surface area contributed by atoms with Gasteiger partial charge in [-0.15, -0.1) is 11.5 Å². The van der Waals surface area contributed by atoms with Crippen molar-refractivity contribution in [3.05, 3.63) is 200 Å². The van der Waals surface area contributed by atoms with Gasteiger partial charge in [0.15, 0.2) is 13.5 Å². The Morgan fingerprint density at radius 3 is 1.50 bits per heavy atom. The third-order valence-corrected chi connectivity index (χ3v) is 16.8. The molecular weight excluding hydrogens is 1370 g/mol. The first-order valence-corrected chi connectivity index (χ1v) is 33.4. The van der Waals surface area contributed by atoms with Crippen LogP contribution in [0.25, 0.3) is 10.4 Å². The molecule has 34 nitrogen and oxygen atoms in total. The van der Waals surface area contributed by atoms with Gasteiger partial charge in [-0.1, -0.05) is 79.3 Å². The van der Waals surface area contributed by atoms with Crippen LogP contribution in [-0.2, 0) is 45.5 Å². The van der Waals surface area contributed by atoms with Gasteiger partial charge in [0.25, 0.3) is 35.4 Å². The highest BCUT2D eigenvalue weighted by Gasteiger charge is 2.47. The van der Waals surface area contributed by atoms with Gasteiger partial charge in [-0.25, -0.2) is 25.2 Å². The van der Waals surface area contributed by atoms with Crippen LogP contribution >= 0.6 is 0 Å². The van der Waals surface area contributed by atoms with Crippen LogP contribution in [0.2, 0.25) is 0 Å². The van der Waals surface area contributed by atoms with Gasteiger partial charge in [0, 0.05) is 77.8 Å². The largest absolute Gasteiger partial charge is 0.488 e. The van der Waals surface area contributed by atoms with Gasteiger partial charge in [-0.2, -0.15) is 0 Å². The molecule has 0 saturated carbocycles. The van der Waals surface area contributed by atoms with E-state index in [9.17, 15) is 57.5 Å². The smallest absolute Gasteiger partial charge is 0.322 e. The van der Waals surface area contributed by atoms with E-state index in [1.54, 1.807) is 148 Å². The summed E-state index contributed by atoms with van der Waals surface area (Å²) in [7, 11) is 0. The van der Waals surface area contributed by atoms with Crippen molar-refractivity contribution in [1.82, 2.24) is 56.2 Å². The van der Waals surface area contributed by atoms with Crippen LogP contribution < -0.4 is 52.3 Å². The van der Waals surface area contributed by atoms with Crippen LogP contribution in [0.5, 0.6) is 11.5 Å². The van der Waals surface area contributed by atoms with E-state index in [0.717, 1.165) is 46.6 Å². The van der Waals surface area contributed by atoms with E-state index in [-0.39, 0.29) is 86.6 Å². The summed E-state index contributed by atoms with van der Waals surface area (Å²) in [5.41, 5.74) is 17.1. The number of amides is 14. The lowest BCUT2D eigenvalue weighted by atomic mass is 10.0. The highest BCUT2D eigenvalue weighted by molar-refractivity contribution is 6.26. The van der Waals surface area contributed by atoms with E-state index >= 15 is 0 Å². The summed E-state index contributed by atoms with van der Waals surface area (Å²) in [5, 5.41) is 45.2. The van der Waals surface area contributed by atoms with Crippen molar-refractivity contribution in [1.29, 1.82) is 0 Å². The Morgan fingerprint density at radius 2 is 1.08 bits per heavy atom. The zero-order valence-electron chi connectivity index (χ0n) is 57.4. The number of ether oxygens (including phenoxy) is 2. The van der Waals surface area contributed by atoms with Crippen LogP contribution in [0.4, 0.5) is 32.3 Å². The number of carbonyl (C=O) groups is 12. The summed E-state index contributed by atoms with van der Waals surface area (Å²) in [6.07, 6.45) is 10.7. The Labute approximate surface area is 605 Å². The molecule has 0 bridgehead atoms. The Hall–Kier alpha value is -13.5. The molecule has 6 aromatic carbocycles. The standard InChI is InChI=1S/C36H37N9O8.C20H24N6O4.C16H13N3O4/c1-2-3-17-43(19-22-7-9-23(10-8-22)32(47)41-52)36(51)38-24-11-13-26(14-12-24)53-21-44-20-25(40-42-44)18-37-28-6-4-5-27-31(28)35(50)45(34(27)49)29-15-16-30(46)39-33(29)48;1-2-3-12-26(13-15-4-6-16(7-5-15)19(27)24-29)20(28)23-17-8-10-18(11-9-17)30-14-22-25-21;1-2-8-17-10-5-3-4-9-13(10)16(23)19(15(9)22)11-6-7-12(20)18-14(11)21/h4-14,20,29,37,52H,2-3,15-19,21H2,1H3,(H,38,51)(H,41,47)(H,39,46,48);4-11,29H,2-3,12-14H2,1H3,(H,23,28)(H,24,27);1,3-5,11,17H,6-8H2,(H,18,20,21). The van der Waals surface area contributed by atoms with Crippen LogP contribution in [0.1, 0.15) is 144 Å². The molecule has 11 rings (SSSR count). The fourth-order valence-corrected chi connectivity index (χ4v) is 11.4. The number of terminal acetylenes is 1. The fraction of sp³-hybridized carbons (Fsp3) is 0.278. The monoisotopic (exact) mass is 1450 g/mol. The molecule has 2 unspecified atom stereocenters. The Morgan fingerprint density at radius 1 is 0.623 bits per heavy atom. The van der Waals surface area contributed by atoms with E-state index in [4.69, 9.17) is 31.8 Å². The van der Waals surface area contributed by atoms with Crippen LogP contribution in [0.15, 0.2) is 145 Å². The maximum Gasteiger partial charge on any atom is 0.322 e. The number of hydrogen-bond acceptors (Lipinski definition) is 21. The number of nitrogens with one attached hydrogen (secondary N) is 8. The van der Waals surface area contributed by atoms with Crippen molar-refractivity contribution in [2.45, 2.75) is 104 Å². The quantitative estimate of drug-likeness (QED) is 0.00448. The molecule has 106 heavy (non-hydrogen) atoms. The molecule has 10 N–H and O–H groups in total. The number of hydrogen-bond donors (Lipinski definition) is 10. The van der Waals surface area contributed by atoms with Crippen molar-refractivity contribution in [3.8, 4) is 23.8 Å². The van der Waals surface area contributed by atoms with Gasteiger partial charge in [-0.05, 0) is 139 Å². The normalized spacial score (nSPS) is 14.7. The number of piperidine rings is 2. The Balaban J connectivity index is 0.000000206. The average molecular weight is 1450 g/mol. The fourth-order valence-electron chi connectivity index (χ4n) is 11.4.